The Bertz CT molecular complexity index is 592. The standard InChI is InChI=1S/C14H15N3O3/c18-11-7-9-8(4-5-15-13(9)19)12-14(20)16-6-2-1-3-10(16)17(11)12/h2,6,9-10H,1,3-5,7H2,(H,15,19). The van der Waals surface area contributed by atoms with Crippen molar-refractivity contribution in [2.24, 2.45) is 5.92 Å². The van der Waals surface area contributed by atoms with Crippen LogP contribution in [0.25, 0.3) is 0 Å². The molecule has 1 N–H and O–H groups in total. The van der Waals surface area contributed by atoms with Gasteiger partial charge in [-0.3, -0.25) is 24.2 Å². The van der Waals surface area contributed by atoms with Gasteiger partial charge in [-0.25, -0.2) is 0 Å². The van der Waals surface area contributed by atoms with Gasteiger partial charge in [0.15, 0.2) is 0 Å². The SMILES string of the molecule is O=C1NCCC2=C3C(=O)N4C=CCCC4N3C(=O)CC12. The average Bonchev–Trinajstić information content (AvgIpc) is 2.76. The highest BCUT2D eigenvalue weighted by atomic mass is 16.2. The molecule has 0 radical (unpaired) electrons. The number of fused-ring (bicyclic) bond motifs is 4. The Morgan fingerprint density at radius 3 is 2.95 bits per heavy atom. The minimum absolute atomic E-state index is 0.109. The third-order valence-electron chi connectivity index (χ3n) is 4.54. The summed E-state index contributed by atoms with van der Waals surface area (Å²) in [5, 5.41) is 2.78. The number of carbonyl (C=O) groups excluding carboxylic acids is 3. The van der Waals surface area contributed by atoms with Crippen LogP contribution in [0.3, 0.4) is 0 Å². The fourth-order valence-electron chi connectivity index (χ4n) is 3.63. The highest BCUT2D eigenvalue weighted by Crippen LogP contribution is 2.41. The average molecular weight is 273 g/mol. The zero-order chi connectivity index (χ0) is 13.9. The lowest BCUT2D eigenvalue weighted by atomic mass is 9.84. The van der Waals surface area contributed by atoms with Crippen molar-refractivity contribution in [3.8, 4) is 0 Å². The quantitative estimate of drug-likeness (QED) is 0.680. The Labute approximate surface area is 116 Å². The van der Waals surface area contributed by atoms with Gasteiger partial charge in [0, 0.05) is 19.2 Å². The summed E-state index contributed by atoms with van der Waals surface area (Å²) in [5.74, 6) is -0.813. The highest BCUT2D eigenvalue weighted by molar-refractivity contribution is 6.05. The Balaban J connectivity index is 1.87. The van der Waals surface area contributed by atoms with E-state index in [1.165, 1.54) is 0 Å². The fraction of sp³-hybridized carbons (Fsp3) is 0.500. The molecule has 0 aromatic rings. The molecule has 2 unspecified atom stereocenters. The molecule has 104 valence electrons. The molecule has 2 atom stereocenters. The number of nitrogens with zero attached hydrogens (tertiary/aromatic N) is 2. The maximum Gasteiger partial charge on any atom is 0.276 e. The van der Waals surface area contributed by atoms with Crippen molar-refractivity contribution < 1.29 is 14.4 Å². The van der Waals surface area contributed by atoms with Gasteiger partial charge in [0.1, 0.15) is 11.9 Å². The van der Waals surface area contributed by atoms with Crippen LogP contribution in [-0.4, -0.2) is 40.2 Å². The van der Waals surface area contributed by atoms with Gasteiger partial charge >= 0.3 is 0 Å². The molecule has 6 nitrogen and oxygen atoms in total. The molecule has 0 aromatic carbocycles. The Kier molecular flexibility index (Phi) is 2.31. The molecule has 20 heavy (non-hydrogen) atoms. The summed E-state index contributed by atoms with van der Waals surface area (Å²) >= 11 is 0. The second-order valence-corrected chi connectivity index (χ2v) is 5.59. The molecule has 0 saturated carbocycles. The molecular formula is C14H15N3O3. The molecule has 3 amide bonds. The van der Waals surface area contributed by atoms with E-state index in [4.69, 9.17) is 0 Å². The number of piperidine rings is 1. The first kappa shape index (κ1) is 11.7. The molecule has 2 fully saturated rings. The second-order valence-electron chi connectivity index (χ2n) is 5.59. The summed E-state index contributed by atoms with van der Waals surface area (Å²) in [6, 6.07) is 0. The van der Waals surface area contributed by atoms with Crippen LogP contribution in [0.2, 0.25) is 0 Å². The van der Waals surface area contributed by atoms with Crippen LogP contribution in [0, 0.1) is 5.92 Å². The summed E-state index contributed by atoms with van der Waals surface area (Å²) in [4.78, 5) is 40.2. The molecule has 0 spiro atoms. The van der Waals surface area contributed by atoms with E-state index in [-0.39, 0.29) is 30.3 Å². The predicted molar refractivity (Wildman–Crippen MR) is 68.6 cm³/mol. The first-order valence-corrected chi connectivity index (χ1v) is 7.00. The predicted octanol–water partition coefficient (Wildman–Crippen LogP) is 0.0847. The van der Waals surface area contributed by atoms with Gasteiger partial charge < -0.3 is 5.32 Å². The van der Waals surface area contributed by atoms with Crippen LogP contribution >= 0.6 is 0 Å². The van der Waals surface area contributed by atoms with Crippen molar-refractivity contribution in [1.82, 2.24) is 15.1 Å². The van der Waals surface area contributed by atoms with Gasteiger partial charge in [-0.15, -0.1) is 0 Å². The maximum absolute atomic E-state index is 12.6. The smallest absolute Gasteiger partial charge is 0.276 e. The van der Waals surface area contributed by atoms with Gasteiger partial charge in [0.25, 0.3) is 5.91 Å². The molecule has 4 aliphatic heterocycles. The van der Waals surface area contributed by atoms with E-state index in [0.29, 0.717) is 18.7 Å². The molecule has 2 saturated heterocycles. The maximum atomic E-state index is 12.6. The molecule has 4 aliphatic rings. The minimum atomic E-state index is -0.447. The van der Waals surface area contributed by atoms with Crippen molar-refractivity contribution in [3.63, 3.8) is 0 Å². The van der Waals surface area contributed by atoms with E-state index in [0.717, 1.165) is 18.4 Å². The molecule has 0 bridgehead atoms. The third-order valence-corrected chi connectivity index (χ3v) is 4.54. The lowest BCUT2D eigenvalue weighted by Crippen LogP contribution is -2.48. The highest BCUT2D eigenvalue weighted by Gasteiger charge is 2.51. The van der Waals surface area contributed by atoms with Crippen molar-refractivity contribution in [1.29, 1.82) is 0 Å². The Morgan fingerprint density at radius 1 is 1.25 bits per heavy atom. The lowest BCUT2D eigenvalue weighted by molar-refractivity contribution is -0.138. The van der Waals surface area contributed by atoms with E-state index in [9.17, 15) is 14.4 Å². The monoisotopic (exact) mass is 273 g/mol. The van der Waals surface area contributed by atoms with Gasteiger partial charge in [0.05, 0.1) is 5.92 Å². The van der Waals surface area contributed by atoms with E-state index in [2.05, 4.69) is 5.32 Å². The molecular weight excluding hydrogens is 258 g/mol. The van der Waals surface area contributed by atoms with Gasteiger partial charge in [-0.2, -0.15) is 0 Å². The van der Waals surface area contributed by atoms with Crippen LogP contribution in [0.1, 0.15) is 25.7 Å². The Morgan fingerprint density at radius 2 is 2.10 bits per heavy atom. The zero-order valence-electron chi connectivity index (χ0n) is 11.0. The first-order chi connectivity index (χ1) is 9.68. The number of amides is 3. The van der Waals surface area contributed by atoms with Gasteiger partial charge in [-0.1, -0.05) is 6.08 Å². The Hall–Kier alpha value is -2.11. The van der Waals surface area contributed by atoms with E-state index in [1.807, 2.05) is 6.08 Å². The van der Waals surface area contributed by atoms with Crippen molar-refractivity contribution >= 4 is 17.7 Å². The number of rotatable bonds is 0. The number of nitrogens with one attached hydrogen (secondary N) is 1. The lowest BCUT2D eigenvalue weighted by Gasteiger charge is -2.36. The van der Waals surface area contributed by atoms with E-state index in [1.54, 1.807) is 16.0 Å². The minimum Gasteiger partial charge on any atom is -0.355 e. The number of hydrogen-bond acceptors (Lipinski definition) is 3. The molecule has 4 heterocycles. The molecule has 6 heteroatoms. The topological polar surface area (TPSA) is 69.7 Å². The number of hydrogen-bond donors (Lipinski definition) is 1. The summed E-state index contributed by atoms with van der Waals surface area (Å²) in [6.45, 7) is 0.546. The van der Waals surface area contributed by atoms with Crippen LogP contribution in [0.15, 0.2) is 23.5 Å². The van der Waals surface area contributed by atoms with E-state index < -0.39 is 5.92 Å². The van der Waals surface area contributed by atoms with Crippen molar-refractivity contribution in [2.45, 2.75) is 31.8 Å². The zero-order valence-corrected chi connectivity index (χ0v) is 11.0. The third kappa shape index (κ3) is 1.36. The number of carbonyl (C=O) groups is 3. The van der Waals surface area contributed by atoms with Gasteiger partial charge in [-0.05, 0) is 24.8 Å². The largest absolute Gasteiger partial charge is 0.355 e. The first-order valence-electron chi connectivity index (χ1n) is 7.00. The summed E-state index contributed by atoms with van der Waals surface area (Å²) in [5.41, 5.74) is 1.32. The van der Waals surface area contributed by atoms with Crippen LogP contribution in [-0.2, 0) is 14.4 Å². The molecule has 0 aromatic heterocycles. The second kappa shape index (κ2) is 3.94. The fourth-order valence-corrected chi connectivity index (χ4v) is 3.63. The normalized spacial score (nSPS) is 32.1. The number of allylic oxidation sites excluding steroid dienone is 1. The summed E-state index contributed by atoms with van der Waals surface area (Å²) < 4.78 is 0. The molecule has 4 rings (SSSR count). The van der Waals surface area contributed by atoms with Crippen LogP contribution in [0.4, 0.5) is 0 Å². The van der Waals surface area contributed by atoms with Crippen molar-refractivity contribution in [2.75, 3.05) is 6.54 Å². The summed E-state index contributed by atoms with van der Waals surface area (Å²) in [6.07, 6.45) is 6.01. The van der Waals surface area contributed by atoms with Gasteiger partial charge in [0.2, 0.25) is 11.8 Å². The van der Waals surface area contributed by atoms with E-state index >= 15 is 0 Å². The van der Waals surface area contributed by atoms with Crippen molar-refractivity contribution in [3.05, 3.63) is 23.5 Å². The summed E-state index contributed by atoms with van der Waals surface area (Å²) in [7, 11) is 0. The van der Waals surface area contributed by atoms with Crippen LogP contribution in [0.5, 0.6) is 0 Å². The van der Waals surface area contributed by atoms with Crippen LogP contribution < -0.4 is 5.32 Å². The molecule has 0 aliphatic carbocycles.